The average molecular weight is 521 g/mol. The van der Waals surface area contributed by atoms with E-state index in [2.05, 4.69) is 4.74 Å². The van der Waals surface area contributed by atoms with Crippen molar-refractivity contribution in [2.45, 2.75) is 70.4 Å². The van der Waals surface area contributed by atoms with Gasteiger partial charge in [0.2, 0.25) is 0 Å². The Balaban J connectivity index is 0.00000222. The summed E-state index contributed by atoms with van der Waals surface area (Å²) in [7, 11) is 0. The van der Waals surface area contributed by atoms with Crippen LogP contribution < -0.4 is 15.4 Å². The number of anilines is 2. The lowest BCUT2D eigenvalue weighted by molar-refractivity contribution is -0.274. The number of carboxylic acid groups (broad SMARTS) is 1. The van der Waals surface area contributed by atoms with Gasteiger partial charge in [-0.25, -0.2) is 0 Å². The summed E-state index contributed by atoms with van der Waals surface area (Å²) < 4.78 is 79.7. The number of nitrogens with zero attached hydrogens (tertiary/aromatic N) is 1. The summed E-state index contributed by atoms with van der Waals surface area (Å²) in [6, 6.07) is 9.38. The van der Waals surface area contributed by atoms with Crippen LogP contribution in [0.2, 0.25) is 0 Å². The fraction of sp³-hybridized carbons (Fsp3) is 0.480. The minimum atomic E-state index is -4.86. The molecule has 0 bridgehead atoms. The number of hydrogen-bond donors (Lipinski definition) is 2. The molecular formula is C25H30F6N2O3. The van der Waals surface area contributed by atoms with Crippen molar-refractivity contribution < 1.29 is 41.0 Å². The maximum absolute atomic E-state index is 12.9. The van der Waals surface area contributed by atoms with Crippen LogP contribution in [0.5, 0.6) is 5.75 Å². The number of alkyl halides is 6. The minimum Gasteiger partial charge on any atom is -0.481 e. The van der Waals surface area contributed by atoms with Crippen molar-refractivity contribution >= 4 is 17.3 Å². The fourth-order valence-electron chi connectivity index (χ4n) is 4.31. The molecule has 1 fully saturated rings. The van der Waals surface area contributed by atoms with Crippen LogP contribution in [0.3, 0.4) is 0 Å². The summed E-state index contributed by atoms with van der Waals surface area (Å²) in [5, 5.41) is 9.79. The summed E-state index contributed by atoms with van der Waals surface area (Å²) >= 11 is 0. The number of carbonyl (C=O) groups is 1. The molecule has 0 saturated heterocycles. The highest BCUT2D eigenvalue weighted by molar-refractivity contribution is 5.83. The molecule has 0 unspecified atom stereocenters. The molecule has 0 amide bonds. The van der Waals surface area contributed by atoms with E-state index in [0.29, 0.717) is 24.0 Å². The third-order valence-corrected chi connectivity index (χ3v) is 5.98. The van der Waals surface area contributed by atoms with E-state index in [4.69, 9.17) is 5.73 Å². The molecule has 0 spiro atoms. The van der Waals surface area contributed by atoms with Crippen molar-refractivity contribution in [3.63, 3.8) is 0 Å². The van der Waals surface area contributed by atoms with Gasteiger partial charge < -0.3 is 20.5 Å². The van der Waals surface area contributed by atoms with E-state index in [1.54, 1.807) is 6.07 Å². The molecule has 1 saturated carbocycles. The van der Waals surface area contributed by atoms with Crippen molar-refractivity contribution in [1.82, 2.24) is 0 Å². The van der Waals surface area contributed by atoms with Crippen molar-refractivity contribution in [1.29, 1.82) is 0 Å². The number of nitrogens with two attached hydrogens (primary N) is 1. The SMILES string of the molecule is CC.Nc1cc(C2(C(=O)O)CCCC2)ccc1N(CCC(F)(F)F)Cc1ccc(OC(F)(F)F)cc1. The van der Waals surface area contributed by atoms with Gasteiger partial charge in [-0.05, 0) is 48.2 Å². The van der Waals surface area contributed by atoms with Crippen LogP contribution in [0, 0.1) is 0 Å². The molecule has 5 nitrogen and oxygen atoms in total. The van der Waals surface area contributed by atoms with Crippen LogP contribution in [-0.2, 0) is 16.8 Å². The minimum absolute atomic E-state index is 0.0595. The number of hydrogen-bond acceptors (Lipinski definition) is 4. The zero-order valence-electron chi connectivity index (χ0n) is 20.0. The second kappa shape index (κ2) is 11.7. The number of ether oxygens (including phenoxy) is 1. The number of aliphatic carboxylic acids is 1. The van der Waals surface area contributed by atoms with E-state index in [0.717, 1.165) is 25.0 Å². The summed E-state index contributed by atoms with van der Waals surface area (Å²) in [4.78, 5) is 13.3. The Morgan fingerprint density at radius 2 is 1.61 bits per heavy atom. The third kappa shape index (κ3) is 7.69. The molecule has 0 atom stereocenters. The van der Waals surface area contributed by atoms with Gasteiger partial charge in [-0.1, -0.05) is 44.9 Å². The van der Waals surface area contributed by atoms with E-state index in [1.165, 1.54) is 29.2 Å². The summed E-state index contributed by atoms with van der Waals surface area (Å²) in [5.74, 6) is -1.41. The Morgan fingerprint density at radius 1 is 1.03 bits per heavy atom. The van der Waals surface area contributed by atoms with Gasteiger partial charge in [-0.3, -0.25) is 4.79 Å². The molecule has 3 N–H and O–H groups in total. The highest BCUT2D eigenvalue weighted by atomic mass is 19.4. The average Bonchev–Trinajstić information content (AvgIpc) is 3.29. The maximum Gasteiger partial charge on any atom is 0.573 e. The van der Waals surface area contributed by atoms with Crippen LogP contribution in [0.1, 0.15) is 57.1 Å². The number of halogens is 6. The number of benzene rings is 2. The molecule has 11 heteroatoms. The van der Waals surface area contributed by atoms with Crippen molar-refractivity contribution in [3.8, 4) is 5.75 Å². The second-order valence-corrected chi connectivity index (χ2v) is 8.35. The molecule has 0 aromatic heterocycles. The Labute approximate surface area is 205 Å². The van der Waals surface area contributed by atoms with Crippen LogP contribution in [0.25, 0.3) is 0 Å². The zero-order chi connectivity index (χ0) is 27.1. The van der Waals surface area contributed by atoms with Gasteiger partial charge >= 0.3 is 18.5 Å². The molecule has 200 valence electrons. The first-order valence-electron chi connectivity index (χ1n) is 11.6. The Kier molecular flexibility index (Phi) is 9.51. The van der Waals surface area contributed by atoms with E-state index in [9.17, 15) is 36.2 Å². The lowest BCUT2D eigenvalue weighted by atomic mass is 9.78. The first-order valence-corrected chi connectivity index (χ1v) is 11.6. The topological polar surface area (TPSA) is 75.8 Å². The highest BCUT2D eigenvalue weighted by Gasteiger charge is 2.43. The number of carboxylic acids is 1. The molecule has 2 aromatic carbocycles. The first kappa shape index (κ1) is 29.1. The molecule has 0 radical (unpaired) electrons. The normalized spacial score (nSPS) is 15.1. The van der Waals surface area contributed by atoms with Gasteiger partial charge in [0.25, 0.3) is 0 Å². The highest BCUT2D eigenvalue weighted by Crippen LogP contribution is 2.43. The lowest BCUT2D eigenvalue weighted by Crippen LogP contribution is -2.33. The molecule has 1 aliphatic rings. The van der Waals surface area contributed by atoms with Gasteiger partial charge in [-0.2, -0.15) is 13.2 Å². The third-order valence-electron chi connectivity index (χ3n) is 5.98. The van der Waals surface area contributed by atoms with Gasteiger partial charge in [-0.15, -0.1) is 13.2 Å². The Morgan fingerprint density at radius 3 is 2.08 bits per heavy atom. The van der Waals surface area contributed by atoms with Crippen molar-refractivity contribution in [3.05, 3.63) is 53.6 Å². The summed E-state index contributed by atoms with van der Waals surface area (Å²) in [5.41, 5.74) is 6.46. The van der Waals surface area contributed by atoms with Crippen LogP contribution in [-0.4, -0.2) is 30.2 Å². The maximum atomic E-state index is 12.9. The number of rotatable bonds is 8. The van der Waals surface area contributed by atoms with Gasteiger partial charge in [0, 0.05) is 13.1 Å². The van der Waals surface area contributed by atoms with Crippen molar-refractivity contribution in [2.75, 3.05) is 17.2 Å². The predicted octanol–water partition coefficient (Wildman–Crippen LogP) is 7.05. The van der Waals surface area contributed by atoms with Crippen molar-refractivity contribution in [2.24, 2.45) is 0 Å². The molecular weight excluding hydrogens is 490 g/mol. The zero-order valence-corrected chi connectivity index (χ0v) is 20.0. The van der Waals surface area contributed by atoms with E-state index in [1.807, 2.05) is 13.8 Å². The molecule has 1 aliphatic carbocycles. The van der Waals surface area contributed by atoms with E-state index >= 15 is 0 Å². The van der Waals surface area contributed by atoms with Gasteiger partial charge in [0.1, 0.15) is 5.75 Å². The second-order valence-electron chi connectivity index (χ2n) is 8.35. The summed E-state index contributed by atoms with van der Waals surface area (Å²) in [6.45, 7) is 3.49. The van der Waals surface area contributed by atoms with Gasteiger partial charge in [0.05, 0.1) is 23.2 Å². The molecule has 0 heterocycles. The van der Waals surface area contributed by atoms with E-state index in [-0.39, 0.29) is 17.9 Å². The largest absolute Gasteiger partial charge is 0.573 e. The molecule has 2 aromatic rings. The Bertz CT molecular complexity index is 1000. The first-order chi connectivity index (χ1) is 16.8. The molecule has 3 rings (SSSR count). The molecule has 0 aliphatic heterocycles. The molecule has 36 heavy (non-hydrogen) atoms. The summed E-state index contributed by atoms with van der Waals surface area (Å²) in [6.07, 6.45) is -8.03. The predicted molar refractivity (Wildman–Crippen MR) is 125 cm³/mol. The van der Waals surface area contributed by atoms with Crippen LogP contribution >= 0.6 is 0 Å². The van der Waals surface area contributed by atoms with Crippen LogP contribution in [0.15, 0.2) is 42.5 Å². The quantitative estimate of drug-likeness (QED) is 0.288. The smallest absolute Gasteiger partial charge is 0.481 e. The number of nitrogen functional groups attached to an aromatic ring is 1. The fourth-order valence-corrected chi connectivity index (χ4v) is 4.31. The van der Waals surface area contributed by atoms with Crippen LogP contribution in [0.4, 0.5) is 37.7 Å². The monoisotopic (exact) mass is 520 g/mol. The standard InChI is InChI=1S/C23H24F6N2O3.C2H6/c24-22(25,26)11-12-31(14-15-3-6-17(7-4-15)34-23(27,28)29)19-8-5-16(13-18(19)30)21(20(32)33)9-1-2-10-21;1-2/h3-8,13H,1-2,9-12,14,30H2,(H,32,33);1-2H3. The lowest BCUT2D eigenvalue weighted by Gasteiger charge is -2.29. The van der Waals surface area contributed by atoms with Gasteiger partial charge in [0.15, 0.2) is 0 Å². The Hall–Kier alpha value is -3.11. The van der Waals surface area contributed by atoms with E-state index < -0.39 is 42.6 Å².